The van der Waals surface area contributed by atoms with Gasteiger partial charge in [-0.15, -0.1) is 23.7 Å². The monoisotopic (exact) mass is 566 g/mol. The maximum Gasteiger partial charge on any atom is 0.260 e. The van der Waals surface area contributed by atoms with Crippen LogP contribution in [0.1, 0.15) is 31.1 Å². The summed E-state index contributed by atoms with van der Waals surface area (Å²) in [5, 5.41) is 3.57. The van der Waals surface area contributed by atoms with E-state index in [4.69, 9.17) is 14.7 Å². The molecule has 1 amide bonds. The highest BCUT2D eigenvalue weighted by Gasteiger charge is 2.25. The number of benzene rings is 2. The number of rotatable bonds is 10. The molecule has 0 N–H and O–H groups in total. The number of likely N-dealkylation sites (N-methyl/N-ethyl adjacent to an activating group) is 1. The molecule has 0 radical (unpaired) electrons. The van der Waals surface area contributed by atoms with Gasteiger partial charge < -0.3 is 9.64 Å². The van der Waals surface area contributed by atoms with Crippen LogP contribution in [0, 0.1) is 0 Å². The summed E-state index contributed by atoms with van der Waals surface area (Å²) < 4.78 is 6.69. The van der Waals surface area contributed by atoms with Crippen molar-refractivity contribution in [2.45, 2.75) is 20.8 Å². The lowest BCUT2D eigenvalue weighted by Crippen LogP contribution is -2.39. The van der Waals surface area contributed by atoms with Crippen molar-refractivity contribution in [1.82, 2.24) is 14.9 Å². The number of carbonyl (C=O) groups excluding carboxylic acids is 1. The molecule has 3 aromatic heterocycles. The number of aromatic nitrogens is 2. The lowest BCUT2D eigenvalue weighted by atomic mass is 10.1. The first kappa shape index (κ1) is 28.0. The second-order valence-electron chi connectivity index (χ2n) is 8.59. The standard InChI is InChI=1S/C29H30N4O2S2.ClH/c1-4-32(5-2)15-16-33(29-31-24-14-13-20(35-6-3)18-27(24)37-29)28(34)22-19-25(26-12-9-17-36-26)30-23-11-8-7-10-21(22)23;/h7-14,17-19H,4-6,15-16H2,1-3H3;1H. The minimum atomic E-state index is -0.0624. The van der Waals surface area contributed by atoms with Gasteiger partial charge in [0.15, 0.2) is 5.13 Å². The summed E-state index contributed by atoms with van der Waals surface area (Å²) in [7, 11) is 0. The highest BCUT2D eigenvalue weighted by atomic mass is 35.5. The van der Waals surface area contributed by atoms with Gasteiger partial charge in [-0.25, -0.2) is 9.97 Å². The molecular formula is C29H31ClN4O2S2. The van der Waals surface area contributed by atoms with Crippen LogP contribution in [0.4, 0.5) is 5.13 Å². The number of hydrogen-bond acceptors (Lipinski definition) is 7. The minimum absolute atomic E-state index is 0. The van der Waals surface area contributed by atoms with Crippen molar-refractivity contribution >= 4 is 67.2 Å². The summed E-state index contributed by atoms with van der Waals surface area (Å²) in [6.07, 6.45) is 0. The van der Waals surface area contributed by atoms with Crippen molar-refractivity contribution in [2.24, 2.45) is 0 Å². The van der Waals surface area contributed by atoms with Gasteiger partial charge in [-0.2, -0.15) is 0 Å². The number of nitrogens with zero attached hydrogens (tertiary/aromatic N) is 4. The highest BCUT2D eigenvalue weighted by Crippen LogP contribution is 2.34. The second kappa shape index (κ2) is 12.7. The largest absolute Gasteiger partial charge is 0.494 e. The van der Waals surface area contributed by atoms with E-state index in [1.807, 2.05) is 77.9 Å². The fourth-order valence-corrected chi connectivity index (χ4v) is 6.08. The number of thiazole rings is 1. The Morgan fingerprint density at radius 2 is 1.74 bits per heavy atom. The Kier molecular flexibility index (Phi) is 9.33. The molecule has 3 heterocycles. The number of hydrogen-bond donors (Lipinski definition) is 0. The Labute approximate surface area is 237 Å². The predicted octanol–water partition coefficient (Wildman–Crippen LogP) is 7.38. The van der Waals surface area contributed by atoms with Crippen LogP contribution in [-0.4, -0.2) is 53.6 Å². The lowest BCUT2D eigenvalue weighted by molar-refractivity contribution is 0.0985. The van der Waals surface area contributed by atoms with Crippen LogP contribution in [0.15, 0.2) is 66.0 Å². The van der Waals surface area contributed by atoms with Crippen LogP contribution < -0.4 is 9.64 Å². The van der Waals surface area contributed by atoms with Gasteiger partial charge in [0.25, 0.3) is 5.91 Å². The molecule has 0 aliphatic heterocycles. The summed E-state index contributed by atoms with van der Waals surface area (Å²) in [5.74, 6) is 0.750. The van der Waals surface area contributed by atoms with Crippen LogP contribution in [0.2, 0.25) is 0 Å². The minimum Gasteiger partial charge on any atom is -0.494 e. The third kappa shape index (κ3) is 5.83. The molecule has 2 aromatic carbocycles. The molecule has 38 heavy (non-hydrogen) atoms. The van der Waals surface area contributed by atoms with Crippen molar-refractivity contribution in [3.8, 4) is 16.3 Å². The van der Waals surface area contributed by atoms with Crippen molar-refractivity contribution in [3.05, 3.63) is 71.6 Å². The molecule has 0 aliphatic carbocycles. The lowest BCUT2D eigenvalue weighted by Gasteiger charge is -2.25. The zero-order chi connectivity index (χ0) is 25.8. The fraction of sp³-hybridized carbons (Fsp3) is 0.276. The number of thiophene rings is 1. The van der Waals surface area contributed by atoms with E-state index in [9.17, 15) is 4.79 Å². The smallest absolute Gasteiger partial charge is 0.260 e. The van der Waals surface area contributed by atoms with Crippen LogP contribution in [0.5, 0.6) is 5.75 Å². The van der Waals surface area contributed by atoms with E-state index in [1.165, 1.54) is 11.3 Å². The predicted molar refractivity (Wildman–Crippen MR) is 163 cm³/mol. The molecule has 0 fully saturated rings. The number of ether oxygens (including phenoxy) is 1. The van der Waals surface area contributed by atoms with Crippen LogP contribution >= 0.6 is 35.1 Å². The quantitative estimate of drug-likeness (QED) is 0.176. The summed E-state index contributed by atoms with van der Waals surface area (Å²) in [5.41, 5.74) is 3.13. The average molecular weight is 567 g/mol. The Hall–Kier alpha value is -3.04. The van der Waals surface area contributed by atoms with Crippen LogP contribution in [0.25, 0.3) is 31.7 Å². The average Bonchev–Trinajstić information content (AvgIpc) is 3.61. The van der Waals surface area contributed by atoms with E-state index in [0.29, 0.717) is 23.8 Å². The number of halogens is 1. The third-order valence-corrected chi connectivity index (χ3v) is 8.32. The number of carbonyl (C=O) groups is 1. The zero-order valence-electron chi connectivity index (χ0n) is 21.7. The first-order chi connectivity index (χ1) is 18.1. The molecule has 5 aromatic rings. The number of anilines is 1. The van der Waals surface area contributed by atoms with E-state index in [1.54, 1.807) is 11.3 Å². The molecule has 0 spiro atoms. The van der Waals surface area contributed by atoms with Gasteiger partial charge in [-0.1, -0.05) is 49.4 Å². The molecule has 6 nitrogen and oxygen atoms in total. The number of pyridine rings is 1. The summed E-state index contributed by atoms with van der Waals surface area (Å²) in [6.45, 7) is 10.0. The Morgan fingerprint density at radius 1 is 0.921 bits per heavy atom. The molecule has 0 aliphatic rings. The Bertz CT molecular complexity index is 1520. The molecule has 0 saturated carbocycles. The van der Waals surface area contributed by atoms with E-state index in [-0.39, 0.29) is 18.3 Å². The fourth-order valence-electron chi connectivity index (χ4n) is 4.38. The number of amides is 1. The highest BCUT2D eigenvalue weighted by molar-refractivity contribution is 7.22. The summed E-state index contributed by atoms with van der Waals surface area (Å²) >= 11 is 3.15. The maximum absolute atomic E-state index is 14.3. The first-order valence-corrected chi connectivity index (χ1v) is 14.3. The van der Waals surface area contributed by atoms with Gasteiger partial charge in [-0.05, 0) is 61.8 Å². The molecule has 0 saturated heterocycles. The van der Waals surface area contributed by atoms with E-state index in [2.05, 4.69) is 18.7 Å². The topological polar surface area (TPSA) is 58.6 Å². The Balaban J connectivity index is 0.00000336. The van der Waals surface area contributed by atoms with Gasteiger partial charge in [0.2, 0.25) is 0 Å². The van der Waals surface area contributed by atoms with Gasteiger partial charge in [0.1, 0.15) is 5.75 Å². The maximum atomic E-state index is 14.3. The molecular weight excluding hydrogens is 536 g/mol. The van der Waals surface area contributed by atoms with Crippen molar-refractivity contribution in [1.29, 1.82) is 0 Å². The van der Waals surface area contributed by atoms with Crippen molar-refractivity contribution in [2.75, 3.05) is 37.7 Å². The first-order valence-electron chi connectivity index (χ1n) is 12.6. The SMILES string of the molecule is CCOc1ccc2nc(N(CCN(CC)CC)C(=O)c3cc(-c4cccs4)nc4ccccc34)sc2c1.Cl. The molecule has 0 atom stereocenters. The number of fused-ring (bicyclic) bond motifs is 2. The zero-order valence-corrected chi connectivity index (χ0v) is 24.2. The molecule has 9 heteroatoms. The van der Waals surface area contributed by atoms with Crippen LogP contribution in [-0.2, 0) is 0 Å². The van der Waals surface area contributed by atoms with Gasteiger partial charge in [-0.3, -0.25) is 9.69 Å². The molecule has 0 bridgehead atoms. The molecule has 0 unspecified atom stereocenters. The normalized spacial score (nSPS) is 11.2. The second-order valence-corrected chi connectivity index (χ2v) is 10.5. The van der Waals surface area contributed by atoms with Crippen molar-refractivity contribution in [3.63, 3.8) is 0 Å². The van der Waals surface area contributed by atoms with E-state index in [0.717, 1.165) is 57.1 Å². The van der Waals surface area contributed by atoms with E-state index >= 15 is 0 Å². The van der Waals surface area contributed by atoms with Gasteiger partial charge in [0.05, 0.1) is 38.5 Å². The van der Waals surface area contributed by atoms with Crippen LogP contribution in [0.3, 0.4) is 0 Å². The van der Waals surface area contributed by atoms with Gasteiger partial charge in [0, 0.05) is 18.5 Å². The van der Waals surface area contributed by atoms with Crippen molar-refractivity contribution < 1.29 is 9.53 Å². The molecule has 5 rings (SSSR count). The summed E-state index contributed by atoms with van der Waals surface area (Å²) in [6, 6.07) is 19.7. The summed E-state index contributed by atoms with van der Waals surface area (Å²) in [4.78, 5) is 29.3. The third-order valence-electron chi connectivity index (χ3n) is 6.39. The van der Waals surface area contributed by atoms with Gasteiger partial charge >= 0.3 is 0 Å². The molecule has 198 valence electrons. The van der Waals surface area contributed by atoms with E-state index < -0.39 is 0 Å². The Morgan fingerprint density at radius 3 is 2.47 bits per heavy atom. The number of para-hydroxylation sites is 1.